The Balaban J connectivity index is 2.61. The summed E-state index contributed by atoms with van der Waals surface area (Å²) in [7, 11) is 0. The lowest BCUT2D eigenvalue weighted by Crippen LogP contribution is -2.25. The fourth-order valence-electron chi connectivity index (χ4n) is 1.58. The van der Waals surface area contributed by atoms with Gasteiger partial charge < -0.3 is 5.32 Å². The number of aliphatic imine (C=N–C) groups is 1. The molecule has 0 aliphatic heterocycles. The summed E-state index contributed by atoms with van der Waals surface area (Å²) in [6.45, 7) is 6.33. The quantitative estimate of drug-likeness (QED) is 0.433. The van der Waals surface area contributed by atoms with Crippen LogP contribution in [0.1, 0.15) is 45.1 Å². The molecular weight excluding hydrogens is 208 g/mol. The molecule has 0 fully saturated rings. The molecule has 1 rings (SSSR count). The second-order valence-corrected chi connectivity index (χ2v) is 4.23. The van der Waals surface area contributed by atoms with Gasteiger partial charge in [-0.3, -0.25) is 4.99 Å². The number of nitrogens with zero attached hydrogens (tertiary/aromatic N) is 1. The average Bonchev–Trinajstić information content (AvgIpc) is 2.38. The maximum Gasteiger partial charge on any atom is 0.128 e. The van der Waals surface area contributed by atoms with E-state index in [4.69, 9.17) is 0 Å². The van der Waals surface area contributed by atoms with Gasteiger partial charge >= 0.3 is 0 Å². The highest BCUT2D eigenvalue weighted by Gasteiger charge is 2.00. The first-order valence-corrected chi connectivity index (χ1v) is 6.72. The van der Waals surface area contributed by atoms with Crippen molar-refractivity contribution < 1.29 is 0 Å². The van der Waals surface area contributed by atoms with E-state index in [0.717, 1.165) is 25.3 Å². The van der Waals surface area contributed by atoms with Crippen LogP contribution in [0.25, 0.3) is 0 Å². The number of hydrogen-bond donors (Lipinski definition) is 1. The van der Waals surface area contributed by atoms with Crippen LogP contribution >= 0.6 is 0 Å². The van der Waals surface area contributed by atoms with E-state index in [1.54, 1.807) is 0 Å². The Hall–Kier alpha value is -1.31. The Bertz CT molecular complexity index is 317. The largest absolute Gasteiger partial charge is 0.370 e. The fraction of sp³-hybridized carbons (Fsp3) is 0.533. The van der Waals surface area contributed by atoms with Crippen LogP contribution in [0.3, 0.4) is 0 Å². The fourth-order valence-corrected chi connectivity index (χ4v) is 1.58. The lowest BCUT2D eigenvalue weighted by atomic mass is 10.2. The van der Waals surface area contributed by atoms with Crippen LogP contribution in [0.2, 0.25) is 0 Å². The van der Waals surface area contributed by atoms with Gasteiger partial charge in [0.1, 0.15) is 5.84 Å². The molecule has 0 bridgehead atoms. The van der Waals surface area contributed by atoms with Gasteiger partial charge in [0.15, 0.2) is 0 Å². The number of benzene rings is 1. The number of rotatable bonds is 7. The molecule has 17 heavy (non-hydrogen) atoms. The van der Waals surface area contributed by atoms with Crippen molar-refractivity contribution in [3.8, 4) is 0 Å². The van der Waals surface area contributed by atoms with Crippen LogP contribution in [-0.4, -0.2) is 18.9 Å². The van der Waals surface area contributed by atoms with Crippen molar-refractivity contribution >= 4 is 5.84 Å². The number of amidine groups is 1. The molecule has 1 aromatic rings. The summed E-state index contributed by atoms with van der Waals surface area (Å²) in [6.07, 6.45) is 4.76. The van der Waals surface area contributed by atoms with Crippen LogP contribution < -0.4 is 5.32 Å². The third-order valence-electron chi connectivity index (χ3n) is 2.65. The van der Waals surface area contributed by atoms with E-state index in [-0.39, 0.29) is 0 Å². The Kier molecular flexibility index (Phi) is 7.12. The van der Waals surface area contributed by atoms with E-state index in [1.807, 2.05) is 6.07 Å². The van der Waals surface area contributed by atoms with Crippen molar-refractivity contribution in [1.29, 1.82) is 0 Å². The lowest BCUT2D eigenvalue weighted by Gasteiger charge is -2.09. The van der Waals surface area contributed by atoms with E-state index in [0.29, 0.717) is 0 Å². The topological polar surface area (TPSA) is 24.4 Å². The van der Waals surface area contributed by atoms with Gasteiger partial charge in [0.25, 0.3) is 0 Å². The molecule has 0 saturated heterocycles. The highest BCUT2D eigenvalue weighted by atomic mass is 15.0. The smallest absolute Gasteiger partial charge is 0.128 e. The van der Waals surface area contributed by atoms with Crippen molar-refractivity contribution in [2.24, 2.45) is 4.99 Å². The highest BCUT2D eigenvalue weighted by molar-refractivity contribution is 5.98. The molecule has 0 saturated carbocycles. The summed E-state index contributed by atoms with van der Waals surface area (Å²) >= 11 is 0. The van der Waals surface area contributed by atoms with Crippen LogP contribution in [0, 0.1) is 0 Å². The molecule has 0 aliphatic rings. The van der Waals surface area contributed by atoms with Gasteiger partial charge in [-0.15, -0.1) is 0 Å². The summed E-state index contributed by atoms with van der Waals surface area (Å²) < 4.78 is 0. The molecule has 0 aliphatic carbocycles. The van der Waals surface area contributed by atoms with Crippen LogP contribution in [-0.2, 0) is 0 Å². The van der Waals surface area contributed by atoms with E-state index in [9.17, 15) is 0 Å². The summed E-state index contributed by atoms with van der Waals surface area (Å²) in [5, 5.41) is 3.45. The van der Waals surface area contributed by atoms with Gasteiger partial charge in [-0.2, -0.15) is 0 Å². The molecule has 0 atom stereocenters. The van der Waals surface area contributed by atoms with Crippen molar-refractivity contribution in [3.05, 3.63) is 35.9 Å². The van der Waals surface area contributed by atoms with Gasteiger partial charge in [-0.05, 0) is 12.8 Å². The normalized spacial score (nSPS) is 11.5. The molecule has 0 amide bonds. The summed E-state index contributed by atoms with van der Waals surface area (Å²) in [5.41, 5.74) is 1.19. The van der Waals surface area contributed by atoms with Crippen LogP contribution in [0.5, 0.6) is 0 Å². The molecule has 2 heteroatoms. The number of hydrogen-bond acceptors (Lipinski definition) is 1. The Morgan fingerprint density at radius 3 is 2.41 bits per heavy atom. The van der Waals surface area contributed by atoms with Crippen molar-refractivity contribution in [1.82, 2.24) is 5.32 Å². The van der Waals surface area contributed by atoms with E-state index < -0.39 is 0 Å². The SMILES string of the molecule is CCCCN=C(NCCCC)c1ccccc1. The van der Waals surface area contributed by atoms with Gasteiger partial charge in [-0.25, -0.2) is 0 Å². The van der Waals surface area contributed by atoms with Crippen molar-refractivity contribution in [2.45, 2.75) is 39.5 Å². The molecule has 1 N–H and O–H groups in total. The third kappa shape index (κ3) is 5.53. The van der Waals surface area contributed by atoms with E-state index in [1.165, 1.54) is 24.8 Å². The van der Waals surface area contributed by atoms with Gasteiger partial charge in [0.2, 0.25) is 0 Å². The Morgan fingerprint density at radius 1 is 1.06 bits per heavy atom. The van der Waals surface area contributed by atoms with Crippen molar-refractivity contribution in [2.75, 3.05) is 13.1 Å². The monoisotopic (exact) mass is 232 g/mol. The molecule has 0 heterocycles. The second-order valence-electron chi connectivity index (χ2n) is 4.23. The highest BCUT2D eigenvalue weighted by Crippen LogP contribution is 2.01. The summed E-state index contributed by atoms with van der Waals surface area (Å²) in [4.78, 5) is 4.66. The Labute approximate surface area is 105 Å². The molecule has 1 aromatic carbocycles. The number of nitrogens with one attached hydrogen (secondary N) is 1. The predicted octanol–water partition coefficient (Wildman–Crippen LogP) is 3.62. The zero-order chi connectivity index (χ0) is 12.3. The molecule has 0 unspecified atom stereocenters. The molecule has 0 spiro atoms. The standard InChI is InChI=1S/C15H24N2/c1-3-5-12-16-15(17-13-6-4-2)14-10-8-7-9-11-14/h7-11H,3-6,12-13H2,1-2H3,(H,16,17). The number of unbranched alkanes of at least 4 members (excludes halogenated alkanes) is 2. The minimum Gasteiger partial charge on any atom is -0.370 e. The Morgan fingerprint density at radius 2 is 1.76 bits per heavy atom. The maximum absolute atomic E-state index is 4.66. The second kappa shape index (κ2) is 8.80. The zero-order valence-corrected chi connectivity index (χ0v) is 11.1. The molecule has 0 aromatic heterocycles. The first kappa shape index (κ1) is 13.8. The maximum atomic E-state index is 4.66. The van der Waals surface area contributed by atoms with Gasteiger partial charge in [-0.1, -0.05) is 57.0 Å². The molecule has 0 radical (unpaired) electrons. The van der Waals surface area contributed by atoms with Crippen molar-refractivity contribution in [3.63, 3.8) is 0 Å². The summed E-state index contributed by atoms with van der Waals surface area (Å²) in [5.74, 6) is 1.05. The molecular formula is C15H24N2. The minimum absolute atomic E-state index is 0.917. The van der Waals surface area contributed by atoms with Crippen LogP contribution in [0.4, 0.5) is 0 Å². The first-order chi connectivity index (χ1) is 8.38. The zero-order valence-electron chi connectivity index (χ0n) is 11.1. The lowest BCUT2D eigenvalue weighted by molar-refractivity contribution is 0.746. The van der Waals surface area contributed by atoms with Gasteiger partial charge in [0.05, 0.1) is 0 Å². The van der Waals surface area contributed by atoms with E-state index in [2.05, 4.69) is 48.4 Å². The summed E-state index contributed by atoms with van der Waals surface area (Å²) in [6, 6.07) is 10.4. The predicted molar refractivity (Wildman–Crippen MR) is 75.7 cm³/mol. The minimum atomic E-state index is 0.917. The molecule has 2 nitrogen and oxygen atoms in total. The average molecular weight is 232 g/mol. The molecule has 94 valence electrons. The van der Waals surface area contributed by atoms with Gasteiger partial charge in [0, 0.05) is 18.7 Å². The first-order valence-electron chi connectivity index (χ1n) is 6.72. The van der Waals surface area contributed by atoms with Crippen LogP contribution in [0.15, 0.2) is 35.3 Å². The van der Waals surface area contributed by atoms with E-state index >= 15 is 0 Å². The third-order valence-corrected chi connectivity index (χ3v) is 2.65.